The summed E-state index contributed by atoms with van der Waals surface area (Å²) in [6.45, 7) is 0. The van der Waals surface area contributed by atoms with E-state index in [1.807, 2.05) is 36.5 Å². The first kappa shape index (κ1) is 34.2. The molecule has 0 saturated heterocycles. The van der Waals surface area contributed by atoms with Crippen LogP contribution in [0.1, 0.15) is 0 Å². The van der Waals surface area contributed by atoms with Gasteiger partial charge >= 0.3 is 0 Å². The highest BCUT2D eigenvalue weighted by Crippen LogP contribution is 2.35. The predicted molar refractivity (Wildman–Crippen MR) is 242 cm³/mol. The van der Waals surface area contributed by atoms with Gasteiger partial charge in [-0.3, -0.25) is 4.40 Å². The van der Waals surface area contributed by atoms with Crippen LogP contribution in [0.3, 0.4) is 0 Å². The molecule has 11 rings (SSSR count). The number of fused-ring (bicyclic) bond motifs is 5. The van der Waals surface area contributed by atoms with Gasteiger partial charge in [0.15, 0.2) is 11.5 Å². The second kappa shape index (κ2) is 14.5. The van der Waals surface area contributed by atoms with Crippen LogP contribution in [0.5, 0.6) is 0 Å². The van der Waals surface area contributed by atoms with Gasteiger partial charge in [-0.2, -0.15) is 0 Å². The molecule has 0 bridgehead atoms. The number of benzene rings is 7. The third-order valence-electron chi connectivity index (χ3n) is 11.1. The van der Waals surface area contributed by atoms with E-state index in [4.69, 9.17) is 19.9 Å². The van der Waals surface area contributed by atoms with Crippen molar-refractivity contribution in [3.8, 4) is 78.5 Å². The Morgan fingerprint density at radius 3 is 1.41 bits per heavy atom. The molecule has 0 aliphatic heterocycles. The molecule has 0 aliphatic rings. The number of imidazole rings is 1. The normalized spacial score (nSPS) is 11.4. The largest absolute Gasteiger partial charge is 0.284 e. The Hall–Kier alpha value is -8.02. The molecule has 11 aromatic rings. The highest BCUT2D eigenvalue weighted by atomic mass is 15.1. The van der Waals surface area contributed by atoms with E-state index in [0.717, 1.165) is 78.0 Å². The minimum absolute atomic E-state index is 0.673. The summed E-state index contributed by atoms with van der Waals surface area (Å²) in [4.78, 5) is 20.5. The first-order valence-corrected chi connectivity index (χ1v) is 19.8. The summed E-state index contributed by atoms with van der Waals surface area (Å²) in [5.74, 6) is 0.673. The second-order valence-corrected chi connectivity index (χ2v) is 14.7. The summed E-state index contributed by atoms with van der Waals surface area (Å²) in [7, 11) is 0. The standard InChI is InChI=1S/C54H35N5/c1-3-12-36(13-4-1)38-21-27-41(28-22-38)48-35-49(42-29-23-39(24-30-42)37-14-5-2-6-15-37)56-53(55-48)45-17-11-16-44(34-45)40-25-31-43(32-26-40)51-46-18-7-8-19-47(46)52-54(58-51)59-33-10-9-20-50(59)57-52/h1-35H. The van der Waals surface area contributed by atoms with E-state index in [2.05, 4.69) is 180 Å². The smallest absolute Gasteiger partial charge is 0.165 e. The molecule has 59 heavy (non-hydrogen) atoms. The molecular weight excluding hydrogens is 719 g/mol. The van der Waals surface area contributed by atoms with Crippen molar-refractivity contribution in [3.63, 3.8) is 0 Å². The molecule has 0 radical (unpaired) electrons. The fraction of sp³-hybridized carbons (Fsp3) is 0. The Bertz CT molecular complexity index is 3180. The van der Waals surface area contributed by atoms with E-state index in [9.17, 15) is 0 Å². The lowest BCUT2D eigenvalue weighted by Gasteiger charge is -2.12. The van der Waals surface area contributed by atoms with Crippen LogP contribution in [0, 0.1) is 0 Å². The van der Waals surface area contributed by atoms with Gasteiger partial charge in [0.05, 0.1) is 17.1 Å². The third-order valence-corrected chi connectivity index (χ3v) is 11.1. The minimum atomic E-state index is 0.673. The predicted octanol–water partition coefficient (Wildman–Crippen LogP) is 13.5. The lowest BCUT2D eigenvalue weighted by molar-refractivity contribution is 1.18. The van der Waals surface area contributed by atoms with Gasteiger partial charge in [0.2, 0.25) is 0 Å². The summed E-state index contributed by atoms with van der Waals surface area (Å²) in [5, 5.41) is 2.17. The van der Waals surface area contributed by atoms with E-state index in [-0.39, 0.29) is 0 Å². The van der Waals surface area contributed by atoms with Crippen LogP contribution in [0.4, 0.5) is 0 Å². The van der Waals surface area contributed by atoms with E-state index in [1.54, 1.807) is 0 Å². The van der Waals surface area contributed by atoms with Crippen molar-refractivity contribution in [3.05, 3.63) is 212 Å². The number of pyridine rings is 2. The number of hydrogen-bond acceptors (Lipinski definition) is 4. The monoisotopic (exact) mass is 753 g/mol. The average Bonchev–Trinajstić information content (AvgIpc) is 3.71. The van der Waals surface area contributed by atoms with Gasteiger partial charge in [-0.25, -0.2) is 19.9 Å². The third kappa shape index (κ3) is 6.41. The zero-order valence-electron chi connectivity index (χ0n) is 31.9. The SMILES string of the molecule is c1ccc(-c2ccc(-c3cc(-c4ccc(-c5ccccc5)cc4)nc(-c4cccc(-c5ccc(-c6nc7c(nc8ccccn87)c7ccccc67)cc5)c4)n3)cc2)cc1. The maximum atomic E-state index is 5.21. The van der Waals surface area contributed by atoms with Crippen molar-refractivity contribution < 1.29 is 0 Å². The molecule has 0 fully saturated rings. The molecule has 0 aliphatic carbocycles. The number of hydrogen-bond donors (Lipinski definition) is 0. The maximum absolute atomic E-state index is 5.21. The highest BCUT2D eigenvalue weighted by molar-refractivity contribution is 6.09. The zero-order valence-corrected chi connectivity index (χ0v) is 31.9. The van der Waals surface area contributed by atoms with Crippen molar-refractivity contribution in [2.45, 2.75) is 0 Å². The van der Waals surface area contributed by atoms with Crippen LogP contribution < -0.4 is 0 Å². The molecule has 0 amide bonds. The van der Waals surface area contributed by atoms with Crippen molar-refractivity contribution in [1.82, 2.24) is 24.3 Å². The zero-order chi connectivity index (χ0) is 39.1. The Morgan fingerprint density at radius 2 is 0.780 bits per heavy atom. The summed E-state index contributed by atoms with van der Waals surface area (Å²) >= 11 is 0. The van der Waals surface area contributed by atoms with Crippen LogP contribution in [-0.4, -0.2) is 24.3 Å². The van der Waals surface area contributed by atoms with Gasteiger partial charge in [-0.15, -0.1) is 0 Å². The highest BCUT2D eigenvalue weighted by Gasteiger charge is 2.16. The lowest BCUT2D eigenvalue weighted by Crippen LogP contribution is -1.96. The van der Waals surface area contributed by atoms with Crippen LogP contribution in [-0.2, 0) is 0 Å². The first-order chi connectivity index (χ1) is 29.2. The van der Waals surface area contributed by atoms with E-state index >= 15 is 0 Å². The van der Waals surface area contributed by atoms with Gasteiger partial charge in [-0.1, -0.05) is 182 Å². The number of aromatic nitrogens is 5. The topological polar surface area (TPSA) is 56.0 Å². The molecule has 0 N–H and O–H groups in total. The molecular formula is C54H35N5. The van der Waals surface area contributed by atoms with Gasteiger partial charge < -0.3 is 0 Å². The van der Waals surface area contributed by atoms with Gasteiger partial charge in [0.1, 0.15) is 11.2 Å². The Labute approximate surface area is 341 Å². The second-order valence-electron chi connectivity index (χ2n) is 14.7. The summed E-state index contributed by atoms with van der Waals surface area (Å²) in [6, 6.07) is 71.9. The number of nitrogens with zero attached hydrogens (tertiary/aromatic N) is 5. The maximum Gasteiger partial charge on any atom is 0.165 e. The molecule has 5 heteroatoms. The lowest BCUT2D eigenvalue weighted by atomic mass is 9.98. The fourth-order valence-electron chi connectivity index (χ4n) is 8.01. The first-order valence-electron chi connectivity index (χ1n) is 19.8. The number of rotatable bonds is 7. The van der Waals surface area contributed by atoms with Crippen LogP contribution in [0.2, 0.25) is 0 Å². The van der Waals surface area contributed by atoms with Crippen molar-refractivity contribution in [1.29, 1.82) is 0 Å². The fourth-order valence-corrected chi connectivity index (χ4v) is 8.01. The van der Waals surface area contributed by atoms with E-state index < -0.39 is 0 Å². The van der Waals surface area contributed by atoms with Gasteiger partial charge in [0.25, 0.3) is 0 Å². The van der Waals surface area contributed by atoms with E-state index in [0.29, 0.717) is 5.82 Å². The molecule has 7 aromatic carbocycles. The van der Waals surface area contributed by atoms with Crippen LogP contribution in [0.25, 0.3) is 106 Å². The Balaban J connectivity index is 0.970. The summed E-state index contributed by atoms with van der Waals surface area (Å²) < 4.78 is 2.06. The minimum Gasteiger partial charge on any atom is -0.284 e. The Kier molecular flexibility index (Phi) is 8.41. The summed E-state index contributed by atoms with van der Waals surface area (Å²) in [6.07, 6.45) is 2.03. The van der Waals surface area contributed by atoms with E-state index in [1.165, 1.54) is 22.3 Å². The van der Waals surface area contributed by atoms with Gasteiger partial charge in [-0.05, 0) is 57.6 Å². The van der Waals surface area contributed by atoms with Crippen LogP contribution in [0.15, 0.2) is 212 Å². The summed E-state index contributed by atoms with van der Waals surface area (Å²) in [5.41, 5.74) is 16.3. The van der Waals surface area contributed by atoms with Gasteiger partial charge in [0, 0.05) is 39.2 Å². The molecule has 276 valence electrons. The molecule has 0 unspecified atom stereocenters. The molecule has 0 atom stereocenters. The Morgan fingerprint density at radius 1 is 0.305 bits per heavy atom. The van der Waals surface area contributed by atoms with Crippen LogP contribution >= 0.6 is 0 Å². The molecule has 0 saturated carbocycles. The molecule has 4 aromatic heterocycles. The quantitative estimate of drug-likeness (QED) is 0.163. The van der Waals surface area contributed by atoms with Crippen molar-refractivity contribution in [2.24, 2.45) is 0 Å². The molecule has 0 spiro atoms. The average molecular weight is 754 g/mol. The van der Waals surface area contributed by atoms with Crippen molar-refractivity contribution in [2.75, 3.05) is 0 Å². The molecule has 5 nitrogen and oxygen atoms in total. The molecule has 4 heterocycles. The van der Waals surface area contributed by atoms with Crippen molar-refractivity contribution >= 4 is 27.6 Å².